The number of hydrogen-bond acceptors (Lipinski definition) is 3. The summed E-state index contributed by atoms with van der Waals surface area (Å²) in [6.45, 7) is 1.87. The molecule has 0 amide bonds. The van der Waals surface area contributed by atoms with E-state index in [-0.39, 0.29) is 0 Å². The van der Waals surface area contributed by atoms with Crippen LogP contribution in [0.15, 0.2) is 40.9 Å². The standard InChI is InChI=1S/C12H12N2O/c1-9-7-11(15-14-9)8-12(13)10-5-3-2-4-6-10/h2-8H,13H2,1H3/b12-8-. The first kappa shape index (κ1) is 9.52. The molecule has 0 bridgehead atoms. The smallest absolute Gasteiger partial charge is 0.161 e. The molecule has 15 heavy (non-hydrogen) atoms. The fourth-order valence-corrected chi connectivity index (χ4v) is 1.32. The van der Waals surface area contributed by atoms with Gasteiger partial charge < -0.3 is 10.3 Å². The molecule has 0 atom stereocenters. The minimum absolute atomic E-state index is 0.673. The van der Waals surface area contributed by atoms with Gasteiger partial charge in [0.05, 0.1) is 5.69 Å². The first-order chi connectivity index (χ1) is 7.25. The summed E-state index contributed by atoms with van der Waals surface area (Å²) in [5.41, 5.74) is 8.41. The van der Waals surface area contributed by atoms with E-state index in [9.17, 15) is 0 Å². The molecule has 0 saturated heterocycles. The van der Waals surface area contributed by atoms with E-state index in [4.69, 9.17) is 10.3 Å². The normalized spacial score (nSPS) is 11.7. The SMILES string of the molecule is Cc1cc(/C=C(\N)c2ccccc2)on1. The summed E-state index contributed by atoms with van der Waals surface area (Å²) in [6, 6.07) is 11.6. The molecular formula is C12H12N2O. The maximum absolute atomic E-state index is 5.91. The molecule has 0 saturated carbocycles. The van der Waals surface area contributed by atoms with Crippen molar-refractivity contribution in [1.29, 1.82) is 0 Å². The molecule has 2 rings (SSSR count). The molecule has 1 aromatic heterocycles. The molecule has 0 radical (unpaired) electrons. The molecule has 3 heteroatoms. The van der Waals surface area contributed by atoms with Gasteiger partial charge >= 0.3 is 0 Å². The summed E-state index contributed by atoms with van der Waals surface area (Å²) in [5.74, 6) is 0.675. The quantitative estimate of drug-likeness (QED) is 0.810. The van der Waals surface area contributed by atoms with E-state index in [1.807, 2.05) is 43.3 Å². The zero-order valence-electron chi connectivity index (χ0n) is 8.47. The summed E-state index contributed by atoms with van der Waals surface area (Å²) in [7, 11) is 0. The summed E-state index contributed by atoms with van der Waals surface area (Å²) >= 11 is 0. The highest BCUT2D eigenvalue weighted by atomic mass is 16.5. The van der Waals surface area contributed by atoms with Crippen LogP contribution in [-0.2, 0) is 0 Å². The fourth-order valence-electron chi connectivity index (χ4n) is 1.32. The number of hydrogen-bond donors (Lipinski definition) is 1. The van der Waals surface area contributed by atoms with Crippen molar-refractivity contribution < 1.29 is 4.52 Å². The third-order valence-corrected chi connectivity index (χ3v) is 2.05. The molecule has 0 unspecified atom stereocenters. The van der Waals surface area contributed by atoms with E-state index in [0.717, 1.165) is 11.3 Å². The maximum Gasteiger partial charge on any atom is 0.161 e. The highest BCUT2D eigenvalue weighted by Gasteiger charge is 1.99. The number of nitrogens with zero attached hydrogens (tertiary/aromatic N) is 1. The topological polar surface area (TPSA) is 52.0 Å². The predicted octanol–water partition coefficient (Wildman–Crippen LogP) is 2.44. The van der Waals surface area contributed by atoms with Crippen molar-refractivity contribution in [2.75, 3.05) is 0 Å². The van der Waals surface area contributed by atoms with Crippen LogP contribution in [0.1, 0.15) is 17.0 Å². The molecule has 0 aliphatic heterocycles. The Morgan fingerprint density at radius 3 is 2.67 bits per heavy atom. The summed E-state index contributed by atoms with van der Waals surface area (Å²) in [6.07, 6.45) is 1.77. The van der Waals surface area contributed by atoms with Gasteiger partial charge in [-0.3, -0.25) is 0 Å². The van der Waals surface area contributed by atoms with Gasteiger partial charge in [0.1, 0.15) is 0 Å². The van der Waals surface area contributed by atoms with Crippen LogP contribution in [0.25, 0.3) is 11.8 Å². The lowest BCUT2D eigenvalue weighted by molar-refractivity contribution is 0.408. The van der Waals surface area contributed by atoms with Gasteiger partial charge in [0.15, 0.2) is 5.76 Å². The lowest BCUT2D eigenvalue weighted by Crippen LogP contribution is -1.94. The van der Waals surface area contributed by atoms with Crippen molar-refractivity contribution in [3.63, 3.8) is 0 Å². The van der Waals surface area contributed by atoms with E-state index < -0.39 is 0 Å². The lowest BCUT2D eigenvalue weighted by Gasteiger charge is -1.98. The Balaban J connectivity index is 2.28. The zero-order valence-corrected chi connectivity index (χ0v) is 8.47. The third kappa shape index (κ3) is 2.26. The Morgan fingerprint density at radius 1 is 1.33 bits per heavy atom. The zero-order chi connectivity index (χ0) is 10.7. The van der Waals surface area contributed by atoms with Crippen molar-refractivity contribution in [1.82, 2.24) is 5.16 Å². The molecular weight excluding hydrogens is 188 g/mol. The highest BCUT2D eigenvalue weighted by molar-refractivity contribution is 5.77. The van der Waals surface area contributed by atoms with Crippen molar-refractivity contribution in [2.45, 2.75) is 6.92 Å². The average molecular weight is 200 g/mol. The average Bonchev–Trinajstić information content (AvgIpc) is 2.65. The molecule has 0 fully saturated rings. The Kier molecular flexibility index (Phi) is 2.54. The Hall–Kier alpha value is -2.03. The van der Waals surface area contributed by atoms with Crippen LogP contribution in [-0.4, -0.2) is 5.16 Å². The third-order valence-electron chi connectivity index (χ3n) is 2.05. The second-order valence-corrected chi connectivity index (χ2v) is 3.34. The number of rotatable bonds is 2. The first-order valence-electron chi connectivity index (χ1n) is 4.71. The number of aryl methyl sites for hydroxylation is 1. The van der Waals surface area contributed by atoms with Crippen LogP contribution in [0.3, 0.4) is 0 Å². The van der Waals surface area contributed by atoms with Crippen molar-refractivity contribution in [2.24, 2.45) is 5.73 Å². The van der Waals surface area contributed by atoms with Gasteiger partial charge in [-0.1, -0.05) is 35.5 Å². The van der Waals surface area contributed by atoms with Crippen LogP contribution in [0.2, 0.25) is 0 Å². The molecule has 0 spiro atoms. The molecule has 3 nitrogen and oxygen atoms in total. The molecule has 2 aromatic rings. The van der Waals surface area contributed by atoms with Crippen molar-refractivity contribution >= 4 is 11.8 Å². The summed E-state index contributed by atoms with van der Waals surface area (Å²) in [5, 5.41) is 3.79. The molecule has 0 aliphatic carbocycles. The number of benzene rings is 1. The second kappa shape index (κ2) is 4.00. The van der Waals surface area contributed by atoms with Gasteiger partial charge in [0.2, 0.25) is 0 Å². The van der Waals surface area contributed by atoms with E-state index in [1.54, 1.807) is 6.08 Å². The van der Waals surface area contributed by atoms with Crippen molar-refractivity contribution in [3.05, 3.63) is 53.4 Å². The summed E-state index contributed by atoms with van der Waals surface area (Å²) < 4.78 is 5.05. The summed E-state index contributed by atoms with van der Waals surface area (Å²) in [4.78, 5) is 0. The van der Waals surface area contributed by atoms with E-state index in [0.29, 0.717) is 11.5 Å². The Bertz CT molecular complexity index is 471. The lowest BCUT2D eigenvalue weighted by atomic mass is 10.1. The van der Waals surface area contributed by atoms with Crippen LogP contribution >= 0.6 is 0 Å². The van der Waals surface area contributed by atoms with Crippen LogP contribution in [0.5, 0.6) is 0 Å². The molecule has 2 N–H and O–H groups in total. The second-order valence-electron chi connectivity index (χ2n) is 3.34. The van der Waals surface area contributed by atoms with Gasteiger partial charge in [-0.25, -0.2) is 0 Å². The van der Waals surface area contributed by atoms with E-state index >= 15 is 0 Å². The largest absolute Gasteiger partial charge is 0.398 e. The van der Waals surface area contributed by atoms with Gasteiger partial charge in [-0.2, -0.15) is 0 Å². The minimum Gasteiger partial charge on any atom is -0.398 e. The first-order valence-corrected chi connectivity index (χ1v) is 4.71. The van der Waals surface area contributed by atoms with Gasteiger partial charge in [-0.15, -0.1) is 0 Å². The number of aromatic nitrogens is 1. The van der Waals surface area contributed by atoms with E-state index in [2.05, 4.69) is 5.16 Å². The Morgan fingerprint density at radius 2 is 2.07 bits per heavy atom. The molecule has 76 valence electrons. The van der Waals surface area contributed by atoms with Crippen molar-refractivity contribution in [3.8, 4) is 0 Å². The molecule has 0 aliphatic rings. The van der Waals surface area contributed by atoms with Gasteiger partial charge in [-0.05, 0) is 12.5 Å². The predicted molar refractivity (Wildman–Crippen MR) is 59.7 cm³/mol. The van der Waals surface area contributed by atoms with E-state index in [1.165, 1.54) is 0 Å². The molecule has 1 heterocycles. The van der Waals surface area contributed by atoms with Crippen LogP contribution < -0.4 is 5.73 Å². The highest BCUT2D eigenvalue weighted by Crippen LogP contribution is 2.13. The molecule has 1 aromatic carbocycles. The monoisotopic (exact) mass is 200 g/mol. The fraction of sp³-hybridized carbons (Fsp3) is 0.0833. The van der Waals surface area contributed by atoms with Crippen LogP contribution in [0, 0.1) is 6.92 Å². The number of nitrogens with two attached hydrogens (primary N) is 1. The van der Waals surface area contributed by atoms with Gasteiger partial charge in [0, 0.05) is 17.8 Å². The Labute approximate surface area is 88.2 Å². The maximum atomic E-state index is 5.91. The minimum atomic E-state index is 0.673. The van der Waals surface area contributed by atoms with Gasteiger partial charge in [0.25, 0.3) is 0 Å². The van der Waals surface area contributed by atoms with Crippen LogP contribution in [0.4, 0.5) is 0 Å².